The minimum atomic E-state index is 0.434. The van der Waals surface area contributed by atoms with E-state index in [-0.39, 0.29) is 0 Å². The molecule has 0 unspecified atom stereocenters. The van der Waals surface area contributed by atoms with Gasteiger partial charge in [0.1, 0.15) is 0 Å². The predicted octanol–water partition coefficient (Wildman–Crippen LogP) is 2.59. The van der Waals surface area contributed by atoms with Gasteiger partial charge in [0, 0.05) is 12.2 Å². The summed E-state index contributed by atoms with van der Waals surface area (Å²) in [6.07, 6.45) is 8.63. The molecule has 4 nitrogen and oxygen atoms in total. The topological polar surface area (TPSA) is 53.6 Å². The Labute approximate surface area is 121 Å². The molecule has 0 bridgehead atoms. The van der Waals surface area contributed by atoms with Crippen molar-refractivity contribution in [2.24, 2.45) is 10.8 Å². The summed E-state index contributed by atoms with van der Waals surface area (Å²) in [5, 5.41) is 0. The van der Waals surface area contributed by atoms with Crippen LogP contribution in [0.15, 0.2) is 29.3 Å². The number of anilines is 1. The molecule has 20 heavy (non-hydrogen) atoms. The summed E-state index contributed by atoms with van der Waals surface area (Å²) in [5.41, 5.74) is 5.49. The Balaban J connectivity index is 1.84. The first-order chi connectivity index (χ1) is 9.88. The Morgan fingerprint density at radius 2 is 1.95 bits per heavy atom. The van der Waals surface area contributed by atoms with Crippen LogP contribution in [0, 0.1) is 0 Å². The minimum absolute atomic E-state index is 0.434. The van der Waals surface area contributed by atoms with E-state index in [1.54, 1.807) is 0 Å². The quantitative estimate of drug-likeness (QED) is 0.357. The number of fused-ring (bicyclic) bond motifs is 1. The molecular weight excluding hydrogens is 248 g/mol. The van der Waals surface area contributed by atoms with Crippen LogP contribution in [0.3, 0.4) is 0 Å². The molecule has 0 atom stereocenters. The van der Waals surface area contributed by atoms with Gasteiger partial charge in [-0.15, -0.1) is 0 Å². The van der Waals surface area contributed by atoms with E-state index in [9.17, 15) is 0 Å². The van der Waals surface area contributed by atoms with E-state index in [0.29, 0.717) is 6.04 Å². The first-order valence-electron chi connectivity index (χ1n) is 7.78. The molecule has 1 aromatic carbocycles. The first kappa shape index (κ1) is 13.4. The summed E-state index contributed by atoms with van der Waals surface area (Å²) in [6.45, 7) is 0.993. The van der Waals surface area contributed by atoms with Crippen molar-refractivity contribution in [3.8, 4) is 0 Å². The van der Waals surface area contributed by atoms with E-state index in [2.05, 4.69) is 34.6 Å². The molecule has 4 heteroatoms. The van der Waals surface area contributed by atoms with Gasteiger partial charge in [0.15, 0.2) is 0 Å². The van der Waals surface area contributed by atoms with Gasteiger partial charge in [-0.05, 0) is 37.3 Å². The lowest BCUT2D eigenvalue weighted by molar-refractivity contribution is 0.441. The standard InChI is InChI=1S/C16H24N4/c17-19-16(18-14-9-2-1-3-10-14)20-12-6-8-13-7-4-5-11-15(13)20/h4-5,7,11,14H,1-3,6,8-10,12,17H2,(H,18,19). The zero-order valence-corrected chi connectivity index (χ0v) is 12.0. The average molecular weight is 272 g/mol. The third-order valence-electron chi connectivity index (χ3n) is 4.37. The van der Waals surface area contributed by atoms with Crippen LogP contribution in [0.25, 0.3) is 0 Å². The number of benzene rings is 1. The van der Waals surface area contributed by atoms with Crippen molar-refractivity contribution in [2.45, 2.75) is 51.0 Å². The number of guanidine groups is 1. The summed E-state index contributed by atoms with van der Waals surface area (Å²) in [5.74, 6) is 6.59. The SMILES string of the molecule is NNC(=NC1CCCCC1)N1CCCc2ccccc21. The van der Waals surface area contributed by atoms with E-state index < -0.39 is 0 Å². The Kier molecular flexibility index (Phi) is 4.21. The molecule has 1 aromatic rings. The maximum absolute atomic E-state index is 5.76. The Bertz CT molecular complexity index is 477. The first-order valence-corrected chi connectivity index (χ1v) is 7.78. The highest BCUT2D eigenvalue weighted by Crippen LogP contribution is 2.27. The van der Waals surface area contributed by atoms with Crippen molar-refractivity contribution < 1.29 is 0 Å². The second-order valence-corrected chi connectivity index (χ2v) is 5.77. The molecule has 1 fully saturated rings. The van der Waals surface area contributed by atoms with Gasteiger partial charge in [-0.1, -0.05) is 37.5 Å². The summed E-state index contributed by atoms with van der Waals surface area (Å²) >= 11 is 0. The average Bonchev–Trinajstić information content (AvgIpc) is 2.53. The third kappa shape index (κ3) is 2.80. The van der Waals surface area contributed by atoms with Gasteiger partial charge >= 0.3 is 0 Å². The van der Waals surface area contributed by atoms with Gasteiger partial charge in [0.2, 0.25) is 5.96 Å². The van der Waals surface area contributed by atoms with E-state index in [0.717, 1.165) is 25.3 Å². The highest BCUT2D eigenvalue weighted by atomic mass is 15.4. The molecular formula is C16H24N4. The smallest absolute Gasteiger partial charge is 0.213 e. The summed E-state index contributed by atoms with van der Waals surface area (Å²) in [6, 6.07) is 9.00. The lowest BCUT2D eigenvalue weighted by Gasteiger charge is -2.32. The zero-order chi connectivity index (χ0) is 13.8. The number of aliphatic imine (C=N–C) groups is 1. The molecule has 1 aliphatic heterocycles. The molecule has 2 aliphatic rings. The van der Waals surface area contributed by atoms with E-state index in [1.807, 2.05) is 0 Å². The van der Waals surface area contributed by atoms with Crippen LogP contribution in [-0.2, 0) is 6.42 Å². The number of para-hydroxylation sites is 1. The van der Waals surface area contributed by atoms with Crippen molar-refractivity contribution in [1.29, 1.82) is 0 Å². The number of hydrogen-bond donors (Lipinski definition) is 2. The maximum Gasteiger partial charge on any atom is 0.213 e. The number of nitrogens with one attached hydrogen (secondary N) is 1. The number of nitrogens with zero attached hydrogens (tertiary/aromatic N) is 2. The fourth-order valence-electron chi connectivity index (χ4n) is 3.32. The molecule has 3 N–H and O–H groups in total. The van der Waals surface area contributed by atoms with Gasteiger partial charge in [-0.3, -0.25) is 5.43 Å². The van der Waals surface area contributed by atoms with Crippen molar-refractivity contribution in [2.75, 3.05) is 11.4 Å². The number of nitrogens with two attached hydrogens (primary N) is 1. The fourth-order valence-corrected chi connectivity index (χ4v) is 3.32. The highest BCUT2D eigenvalue weighted by molar-refractivity contribution is 5.96. The largest absolute Gasteiger partial charge is 0.311 e. The highest BCUT2D eigenvalue weighted by Gasteiger charge is 2.22. The molecule has 0 aromatic heterocycles. The van der Waals surface area contributed by atoms with Gasteiger partial charge < -0.3 is 4.90 Å². The number of rotatable bonds is 1. The van der Waals surface area contributed by atoms with Crippen LogP contribution in [-0.4, -0.2) is 18.5 Å². The fraction of sp³-hybridized carbons (Fsp3) is 0.562. The summed E-state index contributed by atoms with van der Waals surface area (Å²) < 4.78 is 0. The van der Waals surface area contributed by atoms with Crippen LogP contribution in [0.1, 0.15) is 44.1 Å². The van der Waals surface area contributed by atoms with Crippen molar-refractivity contribution in [1.82, 2.24) is 5.43 Å². The van der Waals surface area contributed by atoms with Gasteiger partial charge in [0.25, 0.3) is 0 Å². The minimum Gasteiger partial charge on any atom is -0.311 e. The molecule has 0 spiro atoms. The molecule has 1 heterocycles. The van der Waals surface area contributed by atoms with Crippen molar-refractivity contribution >= 4 is 11.6 Å². The monoisotopic (exact) mass is 272 g/mol. The molecule has 0 saturated heterocycles. The van der Waals surface area contributed by atoms with Gasteiger partial charge in [-0.2, -0.15) is 0 Å². The summed E-state index contributed by atoms with van der Waals surface area (Å²) in [7, 11) is 0. The van der Waals surface area contributed by atoms with Crippen molar-refractivity contribution in [3.63, 3.8) is 0 Å². The lowest BCUT2D eigenvalue weighted by Crippen LogP contribution is -2.47. The van der Waals surface area contributed by atoms with Crippen LogP contribution < -0.4 is 16.2 Å². The normalized spacial score (nSPS) is 20.6. The Hall–Kier alpha value is -1.55. The molecule has 3 rings (SSSR count). The summed E-state index contributed by atoms with van der Waals surface area (Å²) in [4.78, 5) is 7.13. The second kappa shape index (κ2) is 6.27. The lowest BCUT2D eigenvalue weighted by atomic mass is 9.96. The van der Waals surface area contributed by atoms with Crippen LogP contribution >= 0.6 is 0 Å². The molecule has 0 radical (unpaired) electrons. The molecule has 0 amide bonds. The van der Waals surface area contributed by atoms with Crippen LogP contribution in [0.2, 0.25) is 0 Å². The third-order valence-corrected chi connectivity index (χ3v) is 4.37. The van der Waals surface area contributed by atoms with Crippen LogP contribution in [0.5, 0.6) is 0 Å². The van der Waals surface area contributed by atoms with Crippen molar-refractivity contribution in [3.05, 3.63) is 29.8 Å². The Morgan fingerprint density at radius 1 is 1.15 bits per heavy atom. The van der Waals surface area contributed by atoms with Gasteiger partial charge in [0.05, 0.1) is 6.04 Å². The zero-order valence-electron chi connectivity index (χ0n) is 12.0. The maximum atomic E-state index is 5.76. The number of hydrogen-bond acceptors (Lipinski definition) is 2. The number of hydrazine groups is 1. The molecule has 1 aliphatic carbocycles. The number of aryl methyl sites for hydroxylation is 1. The molecule has 108 valence electrons. The van der Waals surface area contributed by atoms with Crippen LogP contribution in [0.4, 0.5) is 5.69 Å². The van der Waals surface area contributed by atoms with E-state index >= 15 is 0 Å². The second-order valence-electron chi connectivity index (χ2n) is 5.77. The van der Waals surface area contributed by atoms with E-state index in [1.165, 1.54) is 43.4 Å². The Morgan fingerprint density at radius 3 is 2.75 bits per heavy atom. The van der Waals surface area contributed by atoms with E-state index in [4.69, 9.17) is 10.8 Å². The predicted molar refractivity (Wildman–Crippen MR) is 83.7 cm³/mol. The molecule has 1 saturated carbocycles. The van der Waals surface area contributed by atoms with Gasteiger partial charge in [-0.25, -0.2) is 10.8 Å².